The van der Waals surface area contributed by atoms with Gasteiger partial charge in [-0.15, -0.1) is 0 Å². The van der Waals surface area contributed by atoms with Crippen LogP contribution in [0.15, 0.2) is 0 Å². The van der Waals surface area contributed by atoms with E-state index < -0.39 is 15.3 Å². The molecule has 0 spiro atoms. The maximum Gasteiger partial charge on any atom is 0 e. The van der Waals surface area contributed by atoms with E-state index >= 15 is 0 Å². The van der Waals surface area contributed by atoms with E-state index in [9.17, 15) is 17.0 Å². The van der Waals surface area contributed by atoms with Gasteiger partial charge in [-0.3, -0.25) is 0 Å². The standard InChI is InChI=1S/5FH.U.V/h5*1H;;/q;;;;;;+5/p-5. The monoisotopic (exact) mass is 384 g/mol. The first-order valence-electron chi connectivity index (χ1n) is 0.845. The topological polar surface area (TPSA) is 0 Å². The van der Waals surface area contributed by atoms with Crippen LogP contribution >= 0.6 is 0 Å². The number of halogens is 5. The molecular formula is F5UV. The van der Waals surface area contributed by atoms with Crippen LogP contribution in [0.3, 0.4) is 0 Å². The van der Waals surface area contributed by atoms with Crippen LogP contribution < -0.4 is 0 Å². The molecule has 0 atom stereocenters. The van der Waals surface area contributed by atoms with E-state index in [1.54, 1.807) is 0 Å². The molecule has 0 aromatic heterocycles. The fourth-order valence-corrected chi connectivity index (χ4v) is 0. The van der Waals surface area contributed by atoms with E-state index in [-0.39, 0.29) is 31.1 Å². The van der Waals surface area contributed by atoms with Crippen LogP contribution in [0.2, 0.25) is 0 Å². The molecule has 0 fully saturated rings. The Morgan fingerprint density at radius 3 is 0.714 bits per heavy atom. The molecule has 7 heavy (non-hydrogen) atoms. The molecule has 0 amide bonds. The van der Waals surface area contributed by atoms with Gasteiger partial charge >= 0.3 is 32.3 Å². The fourth-order valence-electron chi connectivity index (χ4n) is 0. The molecule has 0 heterocycles. The molecule has 0 nitrogen and oxygen atoms in total. The maximum absolute atomic E-state index is 9.89. The molecule has 0 bridgehead atoms. The van der Waals surface area contributed by atoms with E-state index in [1.807, 2.05) is 0 Å². The van der Waals surface area contributed by atoms with Gasteiger partial charge in [0.05, 0.1) is 0 Å². The summed E-state index contributed by atoms with van der Waals surface area (Å²) in [5.74, 6) is 0. The third-order valence-electron chi connectivity index (χ3n) is 0. The van der Waals surface area contributed by atoms with Gasteiger partial charge in [-0.25, -0.2) is 0 Å². The zero-order valence-electron chi connectivity index (χ0n) is 2.84. The summed E-state index contributed by atoms with van der Waals surface area (Å²) >= 11 is -8.99. The minimum absolute atomic E-state index is 0. The van der Waals surface area contributed by atoms with E-state index in [2.05, 4.69) is 0 Å². The van der Waals surface area contributed by atoms with Crippen LogP contribution in [-0.4, -0.2) is 0 Å². The minimum Gasteiger partial charge on any atom is 0 e. The Bertz CT molecular complexity index is 41.3. The van der Waals surface area contributed by atoms with Crippen molar-refractivity contribution in [3.63, 3.8) is 0 Å². The molecule has 0 aliphatic carbocycles. The van der Waals surface area contributed by atoms with Crippen molar-refractivity contribution in [3.05, 3.63) is 0 Å². The summed E-state index contributed by atoms with van der Waals surface area (Å²) in [6.45, 7) is 0. The van der Waals surface area contributed by atoms with Crippen LogP contribution in [-0.2, 0) is 15.3 Å². The molecule has 7 heteroatoms. The molecule has 0 rings (SSSR count). The molecule has 0 saturated heterocycles. The second-order valence-electron chi connectivity index (χ2n) is 0.639. The Morgan fingerprint density at radius 1 is 0.714 bits per heavy atom. The van der Waals surface area contributed by atoms with Gasteiger partial charge in [0.1, 0.15) is 0 Å². The Labute approximate surface area is 63.2 Å². The third-order valence-corrected chi connectivity index (χ3v) is 0. The summed E-state index contributed by atoms with van der Waals surface area (Å²) in [6.07, 6.45) is 0. The van der Waals surface area contributed by atoms with Crippen molar-refractivity contribution >= 4 is 0 Å². The SMILES string of the molecule is [F][V]([F])([F])([F])[F].[U]. The summed E-state index contributed by atoms with van der Waals surface area (Å²) in [5, 5.41) is 0. The molecule has 0 aliphatic rings. The van der Waals surface area contributed by atoms with Crippen LogP contribution in [0.4, 0.5) is 17.0 Å². The van der Waals surface area contributed by atoms with Gasteiger partial charge < -0.3 is 0 Å². The van der Waals surface area contributed by atoms with Crippen molar-refractivity contribution in [3.8, 4) is 0 Å². The Hall–Kier alpha value is 1.29. The van der Waals surface area contributed by atoms with Gasteiger partial charge in [-0.1, -0.05) is 0 Å². The smallest absolute Gasteiger partial charge is 0 e. The second-order valence-corrected chi connectivity index (χ2v) is 2.63. The van der Waals surface area contributed by atoms with E-state index in [0.29, 0.717) is 0 Å². The van der Waals surface area contributed by atoms with E-state index in [0.717, 1.165) is 0 Å². The molecule has 0 aliphatic heterocycles. The molecule has 0 unspecified atom stereocenters. The maximum atomic E-state index is 9.89. The van der Waals surface area contributed by atoms with Gasteiger partial charge in [0.2, 0.25) is 0 Å². The van der Waals surface area contributed by atoms with Gasteiger partial charge in [0.15, 0.2) is 0 Å². The summed E-state index contributed by atoms with van der Waals surface area (Å²) in [5.41, 5.74) is 0. The fraction of sp³-hybridized carbons (Fsp3) is 0. The first-order chi connectivity index (χ1) is 2.24. The van der Waals surface area contributed by atoms with Crippen molar-refractivity contribution in [1.82, 2.24) is 0 Å². The zero-order valence-corrected chi connectivity index (χ0v) is 8.40. The molecular weight excluding hydrogens is 384 g/mol. The molecule has 0 aromatic carbocycles. The second kappa shape index (κ2) is 2.26. The van der Waals surface area contributed by atoms with E-state index in [1.165, 1.54) is 0 Å². The number of rotatable bonds is 0. The average molecular weight is 384 g/mol. The van der Waals surface area contributed by atoms with Crippen molar-refractivity contribution < 1.29 is 63.5 Å². The van der Waals surface area contributed by atoms with Gasteiger partial charge in [-0.05, 0) is 0 Å². The van der Waals surface area contributed by atoms with Crippen molar-refractivity contribution in [1.29, 1.82) is 0 Å². The van der Waals surface area contributed by atoms with Crippen molar-refractivity contribution in [2.75, 3.05) is 0 Å². The number of hydrogen-bond donors (Lipinski definition) is 0. The van der Waals surface area contributed by atoms with Crippen LogP contribution in [0.5, 0.6) is 0 Å². The van der Waals surface area contributed by atoms with Gasteiger partial charge in [0.25, 0.3) is 0 Å². The summed E-state index contributed by atoms with van der Waals surface area (Å²) < 4.78 is 49.4. The molecule has 44 valence electrons. The molecule has 0 N–H and O–H groups in total. The molecule has 0 radical (unpaired) electrons. The van der Waals surface area contributed by atoms with Crippen molar-refractivity contribution in [2.45, 2.75) is 0 Å². The van der Waals surface area contributed by atoms with Crippen LogP contribution in [0, 0.1) is 31.1 Å². The Balaban J connectivity index is 0. The molecule has 0 saturated carbocycles. The molecule has 0 aromatic rings. The number of hydrogen-bond acceptors (Lipinski definition) is 0. The summed E-state index contributed by atoms with van der Waals surface area (Å²) in [6, 6.07) is 0. The largest absolute Gasteiger partial charge is 0 e. The first-order valence-corrected chi connectivity index (χ1v) is 3.48. The summed E-state index contributed by atoms with van der Waals surface area (Å²) in [4.78, 5) is 0. The van der Waals surface area contributed by atoms with Gasteiger partial charge in [-0.2, -0.15) is 0 Å². The van der Waals surface area contributed by atoms with Crippen LogP contribution in [0.25, 0.3) is 0 Å². The van der Waals surface area contributed by atoms with Crippen molar-refractivity contribution in [2.24, 2.45) is 0 Å². The Kier molecular flexibility index (Phi) is 3.59. The Morgan fingerprint density at radius 2 is 0.714 bits per heavy atom. The zero-order chi connectivity index (χ0) is 5.45. The minimum atomic E-state index is -8.99. The predicted octanol–water partition coefficient (Wildman–Crippen LogP) is 2.10. The average Bonchev–Trinajstić information content (AvgIpc) is 0.650. The predicted molar refractivity (Wildman–Crippen MR) is 5.54 cm³/mol. The van der Waals surface area contributed by atoms with Crippen LogP contribution in [0.1, 0.15) is 0 Å². The van der Waals surface area contributed by atoms with Gasteiger partial charge in [0, 0.05) is 31.1 Å². The third kappa shape index (κ3) is 123. The summed E-state index contributed by atoms with van der Waals surface area (Å²) in [7, 11) is 0. The normalized spacial score (nSPS) is 16.4. The quantitative estimate of drug-likeness (QED) is 0.562. The van der Waals surface area contributed by atoms with E-state index in [4.69, 9.17) is 0 Å². The first kappa shape index (κ1) is 11.1.